The molecule has 1 aromatic carbocycles. The van der Waals surface area contributed by atoms with E-state index in [1.807, 2.05) is 6.07 Å². The lowest BCUT2D eigenvalue weighted by molar-refractivity contribution is -0.157. The van der Waals surface area contributed by atoms with Gasteiger partial charge in [0.15, 0.2) is 5.60 Å². The van der Waals surface area contributed by atoms with E-state index in [1.54, 1.807) is 12.1 Å². The molecule has 0 spiro atoms. The molecule has 18 heavy (non-hydrogen) atoms. The summed E-state index contributed by atoms with van der Waals surface area (Å²) >= 11 is 0. The van der Waals surface area contributed by atoms with Crippen molar-refractivity contribution >= 4 is 12.3 Å². The standard InChI is InChI=1S/C14H16O4/c1-14(18,13(16)17)12-4-2-3-10-7-9(8-15)5-6-11(10)12/h2-4,8-9,18H,5-7H2,1H3,(H,16,17). The zero-order valence-electron chi connectivity index (χ0n) is 10.2. The van der Waals surface area contributed by atoms with Gasteiger partial charge in [0, 0.05) is 5.92 Å². The molecule has 2 unspecified atom stereocenters. The highest BCUT2D eigenvalue weighted by atomic mass is 16.4. The maximum absolute atomic E-state index is 11.1. The number of hydrogen-bond donors (Lipinski definition) is 2. The Morgan fingerprint density at radius 3 is 2.83 bits per heavy atom. The summed E-state index contributed by atoms with van der Waals surface area (Å²) in [5, 5.41) is 19.2. The maximum atomic E-state index is 11.1. The predicted molar refractivity (Wildman–Crippen MR) is 65.2 cm³/mol. The largest absolute Gasteiger partial charge is 0.479 e. The molecule has 1 aromatic rings. The Labute approximate surface area is 105 Å². The summed E-state index contributed by atoms with van der Waals surface area (Å²) in [5.41, 5.74) is 0.413. The van der Waals surface area contributed by atoms with Gasteiger partial charge in [0.05, 0.1) is 0 Å². The fraction of sp³-hybridized carbons (Fsp3) is 0.429. The highest BCUT2D eigenvalue weighted by Crippen LogP contribution is 2.33. The molecular weight excluding hydrogens is 232 g/mol. The van der Waals surface area contributed by atoms with Crippen molar-refractivity contribution in [2.24, 2.45) is 5.92 Å². The Bertz CT molecular complexity index is 491. The molecular formula is C14H16O4. The Morgan fingerprint density at radius 2 is 2.22 bits per heavy atom. The van der Waals surface area contributed by atoms with Crippen LogP contribution in [0.3, 0.4) is 0 Å². The van der Waals surface area contributed by atoms with Crippen molar-refractivity contribution in [1.82, 2.24) is 0 Å². The van der Waals surface area contributed by atoms with Gasteiger partial charge in [-0.15, -0.1) is 0 Å². The van der Waals surface area contributed by atoms with Crippen LogP contribution < -0.4 is 0 Å². The molecule has 4 nitrogen and oxygen atoms in total. The number of benzene rings is 1. The summed E-state index contributed by atoms with van der Waals surface area (Å²) in [5.74, 6) is -1.25. The fourth-order valence-corrected chi connectivity index (χ4v) is 2.52. The highest BCUT2D eigenvalue weighted by Gasteiger charge is 2.36. The van der Waals surface area contributed by atoms with Crippen LogP contribution in [-0.4, -0.2) is 22.5 Å². The van der Waals surface area contributed by atoms with Crippen LogP contribution in [0, 0.1) is 5.92 Å². The zero-order chi connectivity index (χ0) is 13.3. The molecule has 0 bridgehead atoms. The molecule has 0 fully saturated rings. The van der Waals surface area contributed by atoms with Crippen LogP contribution >= 0.6 is 0 Å². The van der Waals surface area contributed by atoms with Gasteiger partial charge in [-0.25, -0.2) is 4.79 Å². The molecule has 96 valence electrons. The lowest BCUT2D eigenvalue weighted by atomic mass is 9.79. The van der Waals surface area contributed by atoms with Gasteiger partial charge in [-0.05, 0) is 42.9 Å². The zero-order valence-corrected chi connectivity index (χ0v) is 10.2. The third-order valence-electron chi connectivity index (χ3n) is 3.65. The summed E-state index contributed by atoms with van der Waals surface area (Å²) < 4.78 is 0. The number of fused-ring (bicyclic) bond motifs is 1. The van der Waals surface area contributed by atoms with Gasteiger partial charge in [0.2, 0.25) is 0 Å². The van der Waals surface area contributed by atoms with Crippen LogP contribution in [0.4, 0.5) is 0 Å². The number of aliphatic carboxylic acids is 1. The van der Waals surface area contributed by atoms with E-state index in [1.165, 1.54) is 6.92 Å². The van der Waals surface area contributed by atoms with E-state index in [2.05, 4.69) is 0 Å². The van der Waals surface area contributed by atoms with E-state index in [0.29, 0.717) is 24.8 Å². The van der Waals surface area contributed by atoms with Crippen molar-refractivity contribution in [3.05, 3.63) is 34.9 Å². The third-order valence-corrected chi connectivity index (χ3v) is 3.65. The quantitative estimate of drug-likeness (QED) is 0.790. The third kappa shape index (κ3) is 2.04. The molecule has 0 aliphatic heterocycles. The van der Waals surface area contributed by atoms with E-state index in [4.69, 9.17) is 5.11 Å². The SMILES string of the molecule is CC(O)(C(=O)O)c1cccc2c1CCC(C=O)C2. The van der Waals surface area contributed by atoms with Crippen molar-refractivity contribution in [2.75, 3.05) is 0 Å². The van der Waals surface area contributed by atoms with Gasteiger partial charge in [0.25, 0.3) is 0 Å². The average molecular weight is 248 g/mol. The highest BCUT2D eigenvalue weighted by molar-refractivity contribution is 5.79. The predicted octanol–water partition coefficient (Wildman–Crippen LogP) is 1.28. The first-order chi connectivity index (χ1) is 8.46. The number of aliphatic hydroxyl groups is 1. The first-order valence-electron chi connectivity index (χ1n) is 5.99. The molecule has 0 aromatic heterocycles. The minimum Gasteiger partial charge on any atom is -0.479 e. The normalized spacial score (nSPS) is 21.8. The number of carbonyl (C=O) groups excluding carboxylic acids is 1. The van der Waals surface area contributed by atoms with Gasteiger partial charge in [-0.3, -0.25) is 0 Å². The minimum absolute atomic E-state index is 0.00234. The lowest BCUT2D eigenvalue weighted by Gasteiger charge is -2.28. The molecule has 2 rings (SSSR count). The van der Waals surface area contributed by atoms with Crippen molar-refractivity contribution in [1.29, 1.82) is 0 Å². The molecule has 0 heterocycles. The van der Waals surface area contributed by atoms with E-state index in [-0.39, 0.29) is 5.92 Å². The molecule has 0 saturated heterocycles. The topological polar surface area (TPSA) is 74.6 Å². The molecule has 2 atom stereocenters. The van der Waals surface area contributed by atoms with Gasteiger partial charge in [-0.1, -0.05) is 18.2 Å². The second-order valence-electron chi connectivity index (χ2n) is 4.96. The monoisotopic (exact) mass is 248 g/mol. The lowest BCUT2D eigenvalue weighted by Crippen LogP contribution is -2.34. The van der Waals surface area contributed by atoms with Crippen molar-refractivity contribution in [3.63, 3.8) is 0 Å². The Hall–Kier alpha value is -1.68. The van der Waals surface area contributed by atoms with E-state index in [0.717, 1.165) is 17.4 Å². The van der Waals surface area contributed by atoms with Crippen LogP contribution in [0.25, 0.3) is 0 Å². The molecule has 0 radical (unpaired) electrons. The van der Waals surface area contributed by atoms with Crippen LogP contribution in [0.15, 0.2) is 18.2 Å². The Morgan fingerprint density at radius 1 is 1.50 bits per heavy atom. The summed E-state index contributed by atoms with van der Waals surface area (Å²) in [6.45, 7) is 1.29. The van der Waals surface area contributed by atoms with Crippen molar-refractivity contribution < 1.29 is 19.8 Å². The number of hydrogen-bond acceptors (Lipinski definition) is 3. The number of aldehydes is 1. The summed E-state index contributed by atoms with van der Waals surface area (Å²) in [6, 6.07) is 5.28. The summed E-state index contributed by atoms with van der Waals surface area (Å²) in [4.78, 5) is 21.9. The number of carboxylic acids is 1. The Kier molecular flexibility index (Phi) is 3.22. The Balaban J connectivity index is 2.47. The number of carboxylic acid groups (broad SMARTS) is 1. The van der Waals surface area contributed by atoms with Crippen LogP contribution in [-0.2, 0) is 28.0 Å². The second kappa shape index (κ2) is 4.53. The molecule has 0 amide bonds. The van der Waals surface area contributed by atoms with E-state index >= 15 is 0 Å². The average Bonchev–Trinajstić information content (AvgIpc) is 2.37. The van der Waals surface area contributed by atoms with E-state index in [9.17, 15) is 14.7 Å². The first-order valence-corrected chi connectivity index (χ1v) is 5.99. The number of rotatable bonds is 3. The van der Waals surface area contributed by atoms with Crippen molar-refractivity contribution in [2.45, 2.75) is 31.8 Å². The van der Waals surface area contributed by atoms with Gasteiger partial charge in [-0.2, -0.15) is 0 Å². The molecule has 2 N–H and O–H groups in total. The smallest absolute Gasteiger partial charge is 0.340 e. The molecule has 1 aliphatic rings. The molecule has 1 aliphatic carbocycles. The summed E-state index contributed by atoms with van der Waals surface area (Å²) in [7, 11) is 0. The van der Waals surface area contributed by atoms with Gasteiger partial charge in [0.1, 0.15) is 6.29 Å². The van der Waals surface area contributed by atoms with Gasteiger partial charge < -0.3 is 15.0 Å². The molecule has 4 heteroatoms. The fourth-order valence-electron chi connectivity index (χ4n) is 2.52. The number of carbonyl (C=O) groups is 2. The molecule has 0 saturated carbocycles. The summed E-state index contributed by atoms with van der Waals surface area (Å²) in [6.07, 6.45) is 2.93. The van der Waals surface area contributed by atoms with Gasteiger partial charge >= 0.3 is 5.97 Å². The van der Waals surface area contributed by atoms with Crippen LogP contribution in [0.2, 0.25) is 0 Å². The van der Waals surface area contributed by atoms with Crippen LogP contribution in [0.1, 0.15) is 30.0 Å². The van der Waals surface area contributed by atoms with Crippen molar-refractivity contribution in [3.8, 4) is 0 Å². The second-order valence-corrected chi connectivity index (χ2v) is 4.96. The maximum Gasteiger partial charge on any atom is 0.340 e. The van der Waals surface area contributed by atoms with Crippen LogP contribution in [0.5, 0.6) is 0 Å². The van der Waals surface area contributed by atoms with E-state index < -0.39 is 11.6 Å². The minimum atomic E-state index is -1.88. The first kappa shape index (κ1) is 12.8.